The highest BCUT2D eigenvalue weighted by atomic mass is 14.1. The lowest BCUT2D eigenvalue weighted by molar-refractivity contribution is 1.53. The third kappa shape index (κ3) is 3.07. The number of rotatable bonds is 0. The molecule has 26 heavy (non-hydrogen) atoms. The van der Waals surface area contributed by atoms with E-state index in [1.807, 2.05) is 0 Å². The van der Waals surface area contributed by atoms with Crippen molar-refractivity contribution in [3.05, 3.63) is 108 Å². The maximum atomic E-state index is 2.26. The van der Waals surface area contributed by atoms with Gasteiger partial charge >= 0.3 is 0 Å². The minimum Gasteiger partial charge on any atom is -0.0616 e. The molecule has 0 atom stereocenters. The van der Waals surface area contributed by atoms with E-state index in [9.17, 15) is 0 Å². The van der Waals surface area contributed by atoms with Gasteiger partial charge in [-0.05, 0) is 63.4 Å². The van der Waals surface area contributed by atoms with Crippen LogP contribution in [0.4, 0.5) is 0 Å². The standard InChI is InChI=1S/C15H12.C11H10/c1-11-14-8-4-2-6-12(14)10-13-7-3-5-9-15(11)13;1-9-5-4-7-10-6-2-3-8-11(9)10/h2-10H,1H3;2-8H,1H3. The SMILES string of the molecule is Cc1c2ccccc2cc2ccccc12.Cc1cccc2ccccc12. The predicted octanol–water partition coefficient (Wildman–Crippen LogP) is 7.45. The van der Waals surface area contributed by atoms with Crippen LogP contribution in [0.25, 0.3) is 32.3 Å². The van der Waals surface area contributed by atoms with Crippen molar-refractivity contribution in [3.63, 3.8) is 0 Å². The molecule has 0 amide bonds. The van der Waals surface area contributed by atoms with Gasteiger partial charge in [0.25, 0.3) is 0 Å². The van der Waals surface area contributed by atoms with Gasteiger partial charge < -0.3 is 0 Å². The first-order valence-corrected chi connectivity index (χ1v) is 9.05. The fraction of sp³-hybridized carbons (Fsp3) is 0.0769. The molecular weight excluding hydrogens is 312 g/mol. The second-order valence-corrected chi connectivity index (χ2v) is 6.74. The van der Waals surface area contributed by atoms with Gasteiger partial charge in [-0.3, -0.25) is 0 Å². The van der Waals surface area contributed by atoms with Crippen LogP contribution < -0.4 is 0 Å². The fourth-order valence-corrected chi connectivity index (χ4v) is 3.63. The molecule has 0 aromatic heterocycles. The number of hydrogen-bond donors (Lipinski definition) is 0. The van der Waals surface area contributed by atoms with Crippen molar-refractivity contribution in [1.82, 2.24) is 0 Å². The highest BCUT2D eigenvalue weighted by Gasteiger charge is 2.01. The topological polar surface area (TPSA) is 0 Å². The third-order valence-electron chi connectivity index (χ3n) is 5.05. The van der Waals surface area contributed by atoms with E-state index < -0.39 is 0 Å². The van der Waals surface area contributed by atoms with Gasteiger partial charge in [-0.2, -0.15) is 0 Å². The maximum Gasteiger partial charge on any atom is -0.0148 e. The van der Waals surface area contributed by atoms with Crippen LogP contribution in [0.3, 0.4) is 0 Å². The van der Waals surface area contributed by atoms with Gasteiger partial charge in [0, 0.05) is 0 Å². The molecule has 0 aliphatic heterocycles. The highest BCUT2D eigenvalue weighted by Crippen LogP contribution is 2.27. The van der Waals surface area contributed by atoms with E-state index in [1.54, 1.807) is 0 Å². The molecule has 0 N–H and O–H groups in total. The summed E-state index contributed by atoms with van der Waals surface area (Å²) in [7, 11) is 0. The molecule has 126 valence electrons. The van der Waals surface area contributed by atoms with Crippen molar-refractivity contribution in [2.75, 3.05) is 0 Å². The van der Waals surface area contributed by atoms with Crippen LogP contribution in [-0.4, -0.2) is 0 Å². The lowest BCUT2D eigenvalue weighted by Crippen LogP contribution is -1.81. The minimum absolute atomic E-state index is 1.33. The average molecular weight is 334 g/mol. The Labute approximate surface area is 154 Å². The van der Waals surface area contributed by atoms with Crippen molar-refractivity contribution in [1.29, 1.82) is 0 Å². The largest absolute Gasteiger partial charge is 0.0616 e. The summed E-state index contributed by atoms with van der Waals surface area (Å²) in [6, 6.07) is 34.2. The summed E-state index contributed by atoms with van der Waals surface area (Å²) in [5, 5.41) is 8.05. The second-order valence-electron chi connectivity index (χ2n) is 6.74. The summed E-state index contributed by atoms with van der Waals surface area (Å²) >= 11 is 0. The summed E-state index contributed by atoms with van der Waals surface area (Å²) in [6.07, 6.45) is 0. The Morgan fingerprint density at radius 1 is 0.423 bits per heavy atom. The Kier molecular flexibility index (Phi) is 4.41. The molecule has 0 aliphatic carbocycles. The number of hydrogen-bond acceptors (Lipinski definition) is 0. The zero-order valence-electron chi connectivity index (χ0n) is 15.2. The molecule has 0 bridgehead atoms. The van der Waals surface area contributed by atoms with Gasteiger partial charge in [0.05, 0.1) is 0 Å². The molecule has 0 aliphatic rings. The fourth-order valence-electron chi connectivity index (χ4n) is 3.63. The smallest absolute Gasteiger partial charge is 0.0148 e. The van der Waals surface area contributed by atoms with E-state index in [0.717, 1.165) is 0 Å². The molecule has 0 nitrogen and oxygen atoms in total. The van der Waals surface area contributed by atoms with Gasteiger partial charge in [-0.25, -0.2) is 0 Å². The lowest BCUT2D eigenvalue weighted by atomic mass is 9.98. The van der Waals surface area contributed by atoms with E-state index >= 15 is 0 Å². The van der Waals surface area contributed by atoms with Crippen LogP contribution in [0.15, 0.2) is 97.1 Å². The van der Waals surface area contributed by atoms with Gasteiger partial charge in [-0.15, -0.1) is 0 Å². The second kappa shape index (κ2) is 7.01. The van der Waals surface area contributed by atoms with Crippen LogP contribution in [0.2, 0.25) is 0 Å². The van der Waals surface area contributed by atoms with Crippen LogP contribution in [0.1, 0.15) is 11.1 Å². The summed E-state index contributed by atoms with van der Waals surface area (Å²) < 4.78 is 0. The molecule has 0 heteroatoms. The van der Waals surface area contributed by atoms with E-state index in [-0.39, 0.29) is 0 Å². The Bertz CT molecular complexity index is 1140. The first-order chi connectivity index (χ1) is 12.7. The van der Waals surface area contributed by atoms with Crippen LogP contribution >= 0.6 is 0 Å². The molecule has 0 unspecified atom stereocenters. The van der Waals surface area contributed by atoms with E-state index in [1.165, 1.54) is 43.4 Å². The van der Waals surface area contributed by atoms with E-state index in [4.69, 9.17) is 0 Å². The lowest BCUT2D eigenvalue weighted by Gasteiger charge is -2.06. The molecular formula is C26H22. The van der Waals surface area contributed by atoms with Gasteiger partial charge in [0.15, 0.2) is 0 Å². The van der Waals surface area contributed by atoms with Crippen molar-refractivity contribution in [2.45, 2.75) is 13.8 Å². The predicted molar refractivity (Wildman–Crippen MR) is 115 cm³/mol. The summed E-state index contributed by atoms with van der Waals surface area (Å²) in [5.74, 6) is 0. The Balaban J connectivity index is 0.000000136. The quantitative estimate of drug-likeness (QED) is 0.258. The van der Waals surface area contributed by atoms with Crippen LogP contribution in [0, 0.1) is 13.8 Å². The van der Waals surface area contributed by atoms with E-state index in [0.29, 0.717) is 0 Å². The molecule has 5 aromatic carbocycles. The molecule has 0 heterocycles. The molecule has 0 spiro atoms. The molecule has 0 radical (unpaired) electrons. The zero-order chi connectivity index (χ0) is 17.9. The molecule has 5 rings (SSSR count). The Morgan fingerprint density at radius 3 is 1.46 bits per heavy atom. The van der Waals surface area contributed by atoms with E-state index in [2.05, 4.69) is 111 Å². The minimum atomic E-state index is 1.33. The van der Waals surface area contributed by atoms with Crippen LogP contribution in [-0.2, 0) is 0 Å². The van der Waals surface area contributed by atoms with Crippen molar-refractivity contribution >= 4 is 32.3 Å². The third-order valence-corrected chi connectivity index (χ3v) is 5.05. The number of benzene rings is 5. The highest BCUT2D eigenvalue weighted by molar-refractivity contribution is 6.01. The average Bonchev–Trinajstić information content (AvgIpc) is 2.69. The first-order valence-electron chi connectivity index (χ1n) is 9.05. The zero-order valence-corrected chi connectivity index (χ0v) is 15.2. The van der Waals surface area contributed by atoms with Gasteiger partial charge in [-0.1, -0.05) is 91.0 Å². The number of aryl methyl sites for hydroxylation is 2. The van der Waals surface area contributed by atoms with Crippen molar-refractivity contribution < 1.29 is 0 Å². The Hall–Kier alpha value is -3.12. The first kappa shape index (κ1) is 16.4. The normalized spacial score (nSPS) is 10.7. The molecule has 0 fully saturated rings. The molecule has 0 saturated carbocycles. The Morgan fingerprint density at radius 2 is 0.885 bits per heavy atom. The van der Waals surface area contributed by atoms with Gasteiger partial charge in [0.2, 0.25) is 0 Å². The maximum absolute atomic E-state index is 2.26. The van der Waals surface area contributed by atoms with Crippen molar-refractivity contribution in [2.24, 2.45) is 0 Å². The van der Waals surface area contributed by atoms with Gasteiger partial charge in [0.1, 0.15) is 0 Å². The summed E-state index contributed by atoms with van der Waals surface area (Å²) in [4.78, 5) is 0. The summed E-state index contributed by atoms with van der Waals surface area (Å²) in [5.41, 5.74) is 2.73. The van der Waals surface area contributed by atoms with Crippen molar-refractivity contribution in [3.8, 4) is 0 Å². The summed E-state index contributed by atoms with van der Waals surface area (Å²) in [6.45, 7) is 4.34. The van der Waals surface area contributed by atoms with Crippen LogP contribution in [0.5, 0.6) is 0 Å². The monoisotopic (exact) mass is 334 g/mol. The number of fused-ring (bicyclic) bond motifs is 3. The molecule has 0 saturated heterocycles. The molecule has 5 aromatic rings.